The Kier molecular flexibility index (Phi) is 8.91. The Morgan fingerprint density at radius 1 is 1.00 bits per heavy atom. The number of aromatic nitrogens is 3. The number of rotatable bonds is 8. The van der Waals surface area contributed by atoms with E-state index < -0.39 is 71.7 Å². The maximum atomic E-state index is 14.3. The highest BCUT2D eigenvalue weighted by molar-refractivity contribution is 5.83. The van der Waals surface area contributed by atoms with Crippen LogP contribution in [0.5, 0.6) is 0 Å². The molecule has 2 amide bonds. The van der Waals surface area contributed by atoms with Gasteiger partial charge in [-0.05, 0) is 38.8 Å². The number of halogens is 6. The van der Waals surface area contributed by atoms with E-state index in [1.54, 1.807) is 20.8 Å². The highest BCUT2D eigenvalue weighted by Gasteiger charge is 2.40. The van der Waals surface area contributed by atoms with Crippen molar-refractivity contribution in [3.8, 4) is 0 Å². The second-order valence-electron chi connectivity index (χ2n) is 10.0. The molecule has 15 heteroatoms. The van der Waals surface area contributed by atoms with E-state index in [-0.39, 0.29) is 43.9 Å². The first-order chi connectivity index (χ1) is 18.0. The van der Waals surface area contributed by atoms with Crippen LogP contribution in [0.2, 0.25) is 0 Å². The summed E-state index contributed by atoms with van der Waals surface area (Å²) in [5.74, 6) is -7.06. The van der Waals surface area contributed by atoms with Crippen LogP contribution >= 0.6 is 0 Å². The number of ether oxygens (including phenoxy) is 1. The zero-order valence-electron chi connectivity index (χ0n) is 21.4. The summed E-state index contributed by atoms with van der Waals surface area (Å²) in [6, 6.07) is -0.172. The molecule has 0 aliphatic carbocycles. The Labute approximate surface area is 219 Å². The molecule has 39 heavy (non-hydrogen) atoms. The quantitative estimate of drug-likeness (QED) is 0.300. The van der Waals surface area contributed by atoms with Gasteiger partial charge in [-0.2, -0.15) is 13.2 Å². The third-order valence-electron chi connectivity index (χ3n) is 5.68. The Morgan fingerprint density at radius 3 is 2.31 bits per heavy atom. The number of hydrogen-bond acceptors (Lipinski definition) is 6. The van der Waals surface area contributed by atoms with E-state index in [9.17, 15) is 40.7 Å². The average Bonchev–Trinajstić information content (AvgIpc) is 3.24. The molecule has 1 aromatic heterocycles. The van der Waals surface area contributed by atoms with Crippen LogP contribution < -0.4 is 5.32 Å². The van der Waals surface area contributed by atoms with Crippen molar-refractivity contribution >= 4 is 17.8 Å². The maximum absolute atomic E-state index is 14.3. The number of esters is 1. The standard InChI is InChI=1S/C24H27F6N5O4/c1-23(2,3)39-21(38)5-4-19(36)31-14(8-13-9-16(26)17(27)11-15(13)25)10-20(37)34-6-7-35-18(12-34)32-33-22(35)24(28,29)30/h9,11,14H,4-8,10,12H2,1-3H3,(H,31,36). The third kappa shape index (κ3) is 8.17. The zero-order chi connectivity index (χ0) is 29.1. The van der Waals surface area contributed by atoms with Gasteiger partial charge in [0.15, 0.2) is 17.5 Å². The van der Waals surface area contributed by atoms with Crippen LogP contribution in [0.25, 0.3) is 0 Å². The lowest BCUT2D eigenvalue weighted by atomic mass is 10.0. The minimum Gasteiger partial charge on any atom is -0.460 e. The van der Waals surface area contributed by atoms with E-state index in [0.717, 1.165) is 4.57 Å². The molecule has 0 bridgehead atoms. The van der Waals surface area contributed by atoms with E-state index in [0.29, 0.717) is 12.1 Å². The van der Waals surface area contributed by atoms with Gasteiger partial charge in [-0.15, -0.1) is 10.2 Å². The van der Waals surface area contributed by atoms with Crippen molar-refractivity contribution in [3.05, 3.63) is 46.8 Å². The number of nitrogens with one attached hydrogen (secondary N) is 1. The fourth-order valence-electron chi connectivity index (χ4n) is 3.99. The second kappa shape index (κ2) is 11.6. The molecular weight excluding hydrogens is 536 g/mol. The van der Waals surface area contributed by atoms with Crippen molar-refractivity contribution in [2.75, 3.05) is 6.54 Å². The van der Waals surface area contributed by atoms with Crippen LogP contribution in [0.1, 0.15) is 57.2 Å². The molecule has 0 fully saturated rings. The van der Waals surface area contributed by atoms with Crippen molar-refractivity contribution in [2.24, 2.45) is 0 Å². The Hall–Kier alpha value is -3.65. The normalized spacial score (nSPS) is 14.5. The highest BCUT2D eigenvalue weighted by atomic mass is 19.4. The van der Waals surface area contributed by atoms with Gasteiger partial charge in [-0.1, -0.05) is 0 Å². The van der Waals surface area contributed by atoms with E-state index in [4.69, 9.17) is 4.74 Å². The molecule has 1 N–H and O–H groups in total. The van der Waals surface area contributed by atoms with Crippen molar-refractivity contribution < 1.29 is 45.5 Å². The van der Waals surface area contributed by atoms with Gasteiger partial charge in [0.2, 0.25) is 17.6 Å². The highest BCUT2D eigenvalue weighted by Crippen LogP contribution is 2.29. The van der Waals surface area contributed by atoms with E-state index >= 15 is 0 Å². The van der Waals surface area contributed by atoms with Gasteiger partial charge in [0.25, 0.3) is 0 Å². The smallest absolute Gasteiger partial charge is 0.451 e. The first-order valence-electron chi connectivity index (χ1n) is 11.9. The van der Waals surface area contributed by atoms with E-state index in [1.165, 1.54) is 4.90 Å². The first kappa shape index (κ1) is 29.9. The third-order valence-corrected chi connectivity index (χ3v) is 5.68. The lowest BCUT2D eigenvalue weighted by Gasteiger charge is -2.29. The van der Waals surface area contributed by atoms with Gasteiger partial charge in [0, 0.05) is 38.0 Å². The van der Waals surface area contributed by atoms with Gasteiger partial charge in [-0.25, -0.2) is 13.2 Å². The minimum atomic E-state index is -4.72. The average molecular weight is 563 g/mol. The van der Waals surface area contributed by atoms with Crippen LogP contribution in [0, 0.1) is 17.5 Å². The summed E-state index contributed by atoms with van der Waals surface area (Å²) in [4.78, 5) is 38.7. The van der Waals surface area contributed by atoms with Gasteiger partial charge in [-0.3, -0.25) is 14.4 Å². The molecule has 1 atom stereocenters. The Morgan fingerprint density at radius 2 is 1.67 bits per heavy atom. The number of carbonyl (C=O) groups is 3. The number of carbonyl (C=O) groups excluding carboxylic acids is 3. The number of fused-ring (bicyclic) bond motifs is 1. The Balaban J connectivity index is 1.72. The molecule has 1 aromatic carbocycles. The molecule has 3 rings (SSSR count). The van der Waals surface area contributed by atoms with Crippen LogP contribution in [0.3, 0.4) is 0 Å². The van der Waals surface area contributed by atoms with Gasteiger partial charge < -0.3 is 19.5 Å². The van der Waals surface area contributed by atoms with Crippen LogP contribution in [0.4, 0.5) is 26.3 Å². The minimum absolute atomic E-state index is 0.0912. The number of amides is 2. The fourth-order valence-corrected chi connectivity index (χ4v) is 3.99. The summed E-state index contributed by atoms with van der Waals surface area (Å²) >= 11 is 0. The predicted octanol–water partition coefficient (Wildman–Crippen LogP) is 3.30. The van der Waals surface area contributed by atoms with Crippen molar-refractivity contribution in [2.45, 2.75) is 77.4 Å². The summed E-state index contributed by atoms with van der Waals surface area (Å²) in [5.41, 5.74) is -1.08. The molecule has 0 spiro atoms. The molecule has 214 valence electrons. The van der Waals surface area contributed by atoms with Crippen LogP contribution in [-0.2, 0) is 44.8 Å². The SMILES string of the molecule is CC(C)(C)OC(=O)CCC(=O)NC(CC(=O)N1CCn2c(nnc2C(F)(F)F)C1)Cc1cc(F)c(F)cc1F. The van der Waals surface area contributed by atoms with Crippen LogP contribution in [0.15, 0.2) is 12.1 Å². The zero-order valence-corrected chi connectivity index (χ0v) is 21.4. The van der Waals surface area contributed by atoms with Gasteiger partial charge in [0.05, 0.1) is 13.0 Å². The van der Waals surface area contributed by atoms with E-state index in [1.807, 2.05) is 0 Å². The van der Waals surface area contributed by atoms with Crippen molar-refractivity contribution in [3.63, 3.8) is 0 Å². The van der Waals surface area contributed by atoms with Crippen molar-refractivity contribution in [1.82, 2.24) is 25.0 Å². The molecular formula is C24H27F6N5O4. The summed E-state index contributed by atoms with van der Waals surface area (Å²) < 4.78 is 86.7. The predicted molar refractivity (Wildman–Crippen MR) is 122 cm³/mol. The first-order valence-corrected chi connectivity index (χ1v) is 11.9. The molecule has 9 nitrogen and oxygen atoms in total. The number of benzene rings is 1. The summed E-state index contributed by atoms with van der Waals surface area (Å²) in [6.07, 6.45) is -6.19. The molecule has 2 aromatic rings. The van der Waals surface area contributed by atoms with Gasteiger partial charge >= 0.3 is 12.1 Å². The number of nitrogens with zero attached hydrogens (tertiary/aromatic N) is 4. The maximum Gasteiger partial charge on any atom is 0.451 e. The molecule has 0 saturated heterocycles. The molecule has 1 aliphatic heterocycles. The monoisotopic (exact) mass is 563 g/mol. The lowest BCUT2D eigenvalue weighted by Crippen LogP contribution is -2.44. The number of alkyl halides is 3. The topological polar surface area (TPSA) is 106 Å². The molecule has 1 unspecified atom stereocenters. The Bertz CT molecular complexity index is 1240. The molecule has 0 saturated carbocycles. The largest absolute Gasteiger partial charge is 0.460 e. The van der Waals surface area contributed by atoms with Gasteiger partial charge in [0.1, 0.15) is 11.4 Å². The summed E-state index contributed by atoms with van der Waals surface area (Å²) in [7, 11) is 0. The second-order valence-corrected chi connectivity index (χ2v) is 10.0. The lowest BCUT2D eigenvalue weighted by molar-refractivity contribution is -0.156. The number of hydrogen-bond donors (Lipinski definition) is 1. The van der Waals surface area contributed by atoms with Crippen LogP contribution in [-0.4, -0.2) is 55.6 Å². The molecule has 0 radical (unpaired) electrons. The summed E-state index contributed by atoms with van der Waals surface area (Å²) in [6.45, 7) is 4.31. The summed E-state index contributed by atoms with van der Waals surface area (Å²) in [5, 5.41) is 9.15. The van der Waals surface area contributed by atoms with E-state index in [2.05, 4.69) is 15.5 Å². The molecule has 1 aliphatic rings. The molecule has 2 heterocycles. The fraction of sp³-hybridized carbons (Fsp3) is 0.542. The van der Waals surface area contributed by atoms with Crippen molar-refractivity contribution in [1.29, 1.82) is 0 Å².